The molecule has 1 fully saturated rings. The topological polar surface area (TPSA) is 41.6 Å². The second-order valence-corrected chi connectivity index (χ2v) is 10.1. The van der Waals surface area contributed by atoms with Gasteiger partial charge in [-0.2, -0.15) is 10.4 Å². The van der Waals surface area contributed by atoms with Crippen molar-refractivity contribution in [2.45, 2.75) is 63.4 Å². The first-order valence-corrected chi connectivity index (χ1v) is 12.8. The zero-order valence-corrected chi connectivity index (χ0v) is 19.8. The van der Waals surface area contributed by atoms with Crippen LogP contribution in [0.5, 0.6) is 0 Å². The van der Waals surface area contributed by atoms with Gasteiger partial charge in [-0.1, -0.05) is 86.0 Å². The molecule has 162 valence electrons. The van der Waals surface area contributed by atoms with E-state index >= 15 is 0 Å². The predicted molar refractivity (Wildman–Crippen MR) is 131 cm³/mol. The van der Waals surface area contributed by atoms with Crippen LogP contribution in [0.25, 0.3) is 16.8 Å². The quantitative estimate of drug-likeness (QED) is 0.405. The Hall–Kier alpha value is -1.96. The summed E-state index contributed by atoms with van der Waals surface area (Å²) in [5.41, 5.74) is 4.38. The molecule has 0 radical (unpaired) electrons. The maximum Gasteiger partial charge on any atom is 0.103 e. The van der Waals surface area contributed by atoms with Crippen LogP contribution in [0.2, 0.25) is 0 Å². The molecule has 5 heteroatoms. The largest absolute Gasteiger partial charge is 0.257 e. The molecule has 2 aromatic rings. The second-order valence-electron chi connectivity index (χ2n) is 8.61. The molecule has 0 spiro atoms. The number of thioether (sulfide) groups is 1. The zero-order valence-electron chi connectivity index (χ0n) is 18.2. The minimum absolute atomic E-state index is 0.417. The molecule has 2 aliphatic rings. The lowest BCUT2D eigenvalue weighted by Crippen LogP contribution is -2.19. The molecule has 1 aromatic carbocycles. The van der Waals surface area contributed by atoms with Gasteiger partial charge < -0.3 is 0 Å². The summed E-state index contributed by atoms with van der Waals surface area (Å²) in [6.07, 6.45) is 12.7. The molecule has 0 bridgehead atoms. The molecular formula is C26H30ClN3S. The average Bonchev–Trinajstić information content (AvgIpc) is 3.16. The molecular weight excluding hydrogens is 422 g/mol. The van der Waals surface area contributed by atoms with E-state index in [0.29, 0.717) is 11.7 Å². The summed E-state index contributed by atoms with van der Waals surface area (Å²) < 4.78 is 2.19. The fourth-order valence-corrected chi connectivity index (χ4v) is 5.83. The standard InChI is InChI=1S/C26H30ClN3S/c1-2-19-11-13-20(14-12-19)18-30-26(31-16-15-28)24(22-9-6-10-23(27)17-22)25(29-30)21-7-4-3-5-8-21/h3-5,7-9,17,19-20H,2,6,10-14,16,18H2,1H3. The molecule has 0 atom stereocenters. The van der Waals surface area contributed by atoms with Crippen molar-refractivity contribution < 1.29 is 0 Å². The van der Waals surface area contributed by atoms with Crippen LogP contribution >= 0.6 is 23.4 Å². The Morgan fingerprint density at radius 1 is 1.16 bits per heavy atom. The molecule has 4 rings (SSSR count). The van der Waals surface area contributed by atoms with Crippen molar-refractivity contribution in [3.63, 3.8) is 0 Å². The number of rotatable bonds is 7. The van der Waals surface area contributed by atoms with Gasteiger partial charge in [0.05, 0.1) is 11.8 Å². The first kappa shape index (κ1) is 22.2. The van der Waals surface area contributed by atoms with Crippen molar-refractivity contribution >= 4 is 28.9 Å². The Balaban J connectivity index is 1.75. The minimum atomic E-state index is 0.417. The Morgan fingerprint density at radius 2 is 1.90 bits per heavy atom. The Labute approximate surface area is 195 Å². The molecule has 31 heavy (non-hydrogen) atoms. The molecule has 0 amide bonds. The van der Waals surface area contributed by atoms with E-state index < -0.39 is 0 Å². The van der Waals surface area contributed by atoms with E-state index in [1.165, 1.54) is 32.1 Å². The Morgan fingerprint density at radius 3 is 2.58 bits per heavy atom. The third-order valence-electron chi connectivity index (χ3n) is 6.55. The maximum atomic E-state index is 9.32. The molecule has 0 saturated heterocycles. The minimum Gasteiger partial charge on any atom is -0.257 e. The van der Waals surface area contributed by atoms with Gasteiger partial charge in [0.15, 0.2) is 0 Å². The van der Waals surface area contributed by atoms with E-state index in [1.807, 2.05) is 6.07 Å². The highest BCUT2D eigenvalue weighted by Crippen LogP contribution is 2.41. The number of nitriles is 1. The highest BCUT2D eigenvalue weighted by molar-refractivity contribution is 7.99. The first-order valence-electron chi connectivity index (χ1n) is 11.4. The number of aromatic nitrogens is 2. The van der Waals surface area contributed by atoms with Crippen molar-refractivity contribution in [3.8, 4) is 17.3 Å². The van der Waals surface area contributed by atoms with E-state index in [-0.39, 0.29) is 0 Å². The highest BCUT2D eigenvalue weighted by atomic mass is 35.5. The number of hydrogen-bond donors (Lipinski definition) is 0. The van der Waals surface area contributed by atoms with Gasteiger partial charge in [-0.15, -0.1) is 0 Å². The average molecular weight is 452 g/mol. The molecule has 0 N–H and O–H groups in total. The van der Waals surface area contributed by atoms with Gasteiger partial charge in [0.25, 0.3) is 0 Å². The monoisotopic (exact) mass is 451 g/mol. The summed E-state index contributed by atoms with van der Waals surface area (Å²) in [6.45, 7) is 3.23. The van der Waals surface area contributed by atoms with Crippen LogP contribution in [0.3, 0.4) is 0 Å². The predicted octanol–water partition coefficient (Wildman–Crippen LogP) is 7.68. The highest BCUT2D eigenvalue weighted by Gasteiger charge is 2.26. The fourth-order valence-electron chi connectivity index (χ4n) is 4.78. The van der Waals surface area contributed by atoms with Gasteiger partial charge in [-0.3, -0.25) is 4.68 Å². The van der Waals surface area contributed by atoms with Crippen LogP contribution in [0.4, 0.5) is 0 Å². The van der Waals surface area contributed by atoms with Crippen molar-refractivity contribution in [1.82, 2.24) is 9.78 Å². The Kier molecular flexibility index (Phi) is 7.58. The van der Waals surface area contributed by atoms with Crippen molar-refractivity contribution in [2.24, 2.45) is 11.8 Å². The molecule has 1 aromatic heterocycles. The first-order chi connectivity index (χ1) is 15.2. The van der Waals surface area contributed by atoms with E-state index in [0.717, 1.165) is 57.8 Å². The lowest BCUT2D eigenvalue weighted by atomic mass is 9.81. The lowest BCUT2D eigenvalue weighted by Gasteiger charge is -2.28. The van der Waals surface area contributed by atoms with E-state index in [9.17, 15) is 5.26 Å². The van der Waals surface area contributed by atoms with Gasteiger partial charge >= 0.3 is 0 Å². The third kappa shape index (κ3) is 5.27. The second kappa shape index (κ2) is 10.6. The van der Waals surface area contributed by atoms with Crippen LogP contribution in [-0.4, -0.2) is 15.5 Å². The summed E-state index contributed by atoms with van der Waals surface area (Å²) in [7, 11) is 0. The number of benzene rings is 1. The summed E-state index contributed by atoms with van der Waals surface area (Å²) in [5, 5.41) is 16.4. The van der Waals surface area contributed by atoms with Crippen molar-refractivity contribution in [1.29, 1.82) is 5.26 Å². The van der Waals surface area contributed by atoms with Crippen LogP contribution in [-0.2, 0) is 6.54 Å². The number of nitrogens with zero attached hydrogens (tertiary/aromatic N) is 3. The van der Waals surface area contributed by atoms with Gasteiger partial charge in [0.1, 0.15) is 10.7 Å². The molecule has 0 unspecified atom stereocenters. The third-order valence-corrected chi connectivity index (χ3v) is 7.81. The molecule has 0 aliphatic heterocycles. The lowest BCUT2D eigenvalue weighted by molar-refractivity contribution is 0.237. The molecule has 2 aliphatic carbocycles. The van der Waals surface area contributed by atoms with Gasteiger partial charge in [0.2, 0.25) is 0 Å². The molecule has 3 nitrogen and oxygen atoms in total. The van der Waals surface area contributed by atoms with Crippen LogP contribution in [0.15, 0.2) is 52.5 Å². The van der Waals surface area contributed by atoms with Gasteiger partial charge in [0, 0.05) is 22.7 Å². The summed E-state index contributed by atoms with van der Waals surface area (Å²) >= 11 is 8.04. The zero-order chi connectivity index (χ0) is 21.6. The summed E-state index contributed by atoms with van der Waals surface area (Å²) in [6, 6.07) is 12.7. The van der Waals surface area contributed by atoms with E-state index in [1.54, 1.807) is 11.8 Å². The summed E-state index contributed by atoms with van der Waals surface area (Å²) in [5.74, 6) is 1.96. The normalized spacial score (nSPS) is 21.3. The van der Waals surface area contributed by atoms with Crippen molar-refractivity contribution in [3.05, 3.63) is 53.1 Å². The molecule has 1 heterocycles. The number of halogens is 1. The van der Waals surface area contributed by atoms with Crippen molar-refractivity contribution in [2.75, 3.05) is 5.75 Å². The maximum absolute atomic E-state index is 9.32. The van der Waals surface area contributed by atoms with Crippen LogP contribution in [0, 0.1) is 23.2 Å². The van der Waals surface area contributed by atoms with Crippen LogP contribution < -0.4 is 0 Å². The van der Waals surface area contributed by atoms with E-state index in [4.69, 9.17) is 16.7 Å². The van der Waals surface area contributed by atoms with Crippen LogP contribution in [0.1, 0.15) is 57.4 Å². The van der Waals surface area contributed by atoms with Gasteiger partial charge in [-0.05, 0) is 49.2 Å². The van der Waals surface area contributed by atoms with Gasteiger partial charge in [-0.25, -0.2) is 0 Å². The smallest absolute Gasteiger partial charge is 0.103 e. The number of allylic oxidation sites excluding steroid dienone is 4. The SMILES string of the molecule is CCC1CCC(Cn2nc(-c3ccccc3)c(C3=CCCC(Cl)=C3)c2SCC#N)CC1. The molecule has 1 saturated carbocycles. The Bertz CT molecular complexity index is 992. The number of hydrogen-bond acceptors (Lipinski definition) is 3. The van der Waals surface area contributed by atoms with E-state index in [2.05, 4.69) is 54.1 Å². The summed E-state index contributed by atoms with van der Waals surface area (Å²) in [4.78, 5) is 0. The fraction of sp³-hybridized carbons (Fsp3) is 0.462.